The van der Waals surface area contributed by atoms with Crippen LogP contribution in [0.4, 0.5) is 4.39 Å². The summed E-state index contributed by atoms with van der Waals surface area (Å²) in [6.07, 6.45) is -0.688. The van der Waals surface area contributed by atoms with Crippen molar-refractivity contribution in [2.45, 2.75) is 32.9 Å². The van der Waals surface area contributed by atoms with Crippen LogP contribution in [-0.2, 0) is 13.0 Å². The Balaban J connectivity index is 2.28. The Labute approximate surface area is 116 Å². The molecular formula is C14H16ClFN2O. The van der Waals surface area contributed by atoms with Crippen molar-refractivity contribution in [1.29, 1.82) is 0 Å². The van der Waals surface area contributed by atoms with Gasteiger partial charge in [-0.2, -0.15) is 5.10 Å². The maximum Gasteiger partial charge on any atom is 0.127 e. The molecule has 1 atom stereocenters. The molecule has 3 nitrogen and oxygen atoms in total. The summed E-state index contributed by atoms with van der Waals surface area (Å²) in [5, 5.41) is 14.9. The zero-order valence-corrected chi connectivity index (χ0v) is 11.7. The lowest BCUT2D eigenvalue weighted by atomic mass is 10.0. The van der Waals surface area contributed by atoms with E-state index >= 15 is 0 Å². The summed E-state index contributed by atoms with van der Waals surface area (Å²) in [5.74, 6) is -0.397. The van der Waals surface area contributed by atoms with Crippen molar-refractivity contribution in [3.05, 3.63) is 52.1 Å². The molecule has 1 heterocycles. The number of aromatic nitrogens is 2. The highest BCUT2D eigenvalue weighted by molar-refractivity contribution is 6.31. The first kappa shape index (κ1) is 14.0. The number of aliphatic hydroxyl groups excluding tert-OH is 1. The molecule has 0 fully saturated rings. The van der Waals surface area contributed by atoms with E-state index in [1.807, 2.05) is 19.9 Å². The Kier molecular flexibility index (Phi) is 4.22. The fourth-order valence-corrected chi connectivity index (χ4v) is 2.35. The van der Waals surface area contributed by atoms with Crippen molar-refractivity contribution in [2.75, 3.05) is 0 Å². The van der Waals surface area contributed by atoms with Crippen LogP contribution in [-0.4, -0.2) is 14.9 Å². The molecule has 1 aromatic heterocycles. The van der Waals surface area contributed by atoms with Gasteiger partial charge in [0.1, 0.15) is 5.82 Å². The highest BCUT2D eigenvalue weighted by Crippen LogP contribution is 2.26. The van der Waals surface area contributed by atoms with E-state index in [2.05, 4.69) is 5.10 Å². The predicted octanol–water partition coefficient (Wildman–Crippen LogP) is 3.28. The Bertz CT molecular complexity index is 563. The lowest BCUT2D eigenvalue weighted by molar-refractivity contribution is 0.166. The molecule has 0 aliphatic heterocycles. The molecule has 2 rings (SSSR count). The highest BCUT2D eigenvalue weighted by Gasteiger charge is 2.18. The van der Waals surface area contributed by atoms with Crippen LogP contribution in [0.1, 0.15) is 30.0 Å². The summed E-state index contributed by atoms with van der Waals surface area (Å²) >= 11 is 5.97. The molecule has 1 N–H and O–H groups in total. The van der Waals surface area contributed by atoms with Gasteiger partial charge in [0.2, 0.25) is 0 Å². The van der Waals surface area contributed by atoms with Crippen molar-refractivity contribution in [3.8, 4) is 0 Å². The van der Waals surface area contributed by atoms with Crippen molar-refractivity contribution in [2.24, 2.45) is 0 Å². The number of nitrogens with zero attached hydrogens (tertiary/aromatic N) is 2. The van der Waals surface area contributed by atoms with Gasteiger partial charge >= 0.3 is 0 Å². The minimum Gasteiger partial charge on any atom is -0.386 e. The van der Waals surface area contributed by atoms with E-state index in [0.717, 1.165) is 5.69 Å². The van der Waals surface area contributed by atoms with Crippen LogP contribution in [0.2, 0.25) is 5.02 Å². The van der Waals surface area contributed by atoms with Gasteiger partial charge in [-0.25, -0.2) is 4.39 Å². The summed E-state index contributed by atoms with van der Waals surface area (Å²) in [7, 11) is 0. The molecule has 0 saturated heterocycles. The molecule has 0 aliphatic carbocycles. The zero-order valence-electron chi connectivity index (χ0n) is 10.9. The normalized spacial score (nSPS) is 12.7. The van der Waals surface area contributed by atoms with Crippen LogP contribution in [0, 0.1) is 12.7 Å². The maximum absolute atomic E-state index is 13.7. The van der Waals surface area contributed by atoms with E-state index in [0.29, 0.717) is 22.8 Å². The molecule has 2 aromatic rings. The van der Waals surface area contributed by atoms with E-state index in [9.17, 15) is 9.50 Å². The Morgan fingerprint density at radius 3 is 2.84 bits per heavy atom. The number of benzene rings is 1. The monoisotopic (exact) mass is 282 g/mol. The highest BCUT2D eigenvalue weighted by atomic mass is 35.5. The fraction of sp³-hybridized carbons (Fsp3) is 0.357. The van der Waals surface area contributed by atoms with Crippen LogP contribution in [0.5, 0.6) is 0 Å². The van der Waals surface area contributed by atoms with Crippen molar-refractivity contribution < 1.29 is 9.50 Å². The molecule has 1 aromatic carbocycles. The SMILES string of the molecule is CCn1nc(C)cc1C(O)Cc1c(F)cccc1Cl. The van der Waals surface area contributed by atoms with Gasteiger partial charge in [0.05, 0.1) is 17.5 Å². The molecule has 0 bridgehead atoms. The second kappa shape index (κ2) is 5.72. The second-order valence-corrected chi connectivity index (χ2v) is 4.85. The van der Waals surface area contributed by atoms with Gasteiger partial charge in [-0.3, -0.25) is 4.68 Å². The predicted molar refractivity (Wildman–Crippen MR) is 72.7 cm³/mol. The smallest absolute Gasteiger partial charge is 0.127 e. The van der Waals surface area contributed by atoms with E-state index in [1.54, 1.807) is 16.8 Å². The third-order valence-corrected chi connectivity index (χ3v) is 3.39. The zero-order chi connectivity index (χ0) is 14.0. The van der Waals surface area contributed by atoms with Gasteiger partial charge < -0.3 is 5.11 Å². The molecule has 5 heteroatoms. The average molecular weight is 283 g/mol. The van der Waals surface area contributed by atoms with Crippen LogP contribution in [0.25, 0.3) is 0 Å². The van der Waals surface area contributed by atoms with Crippen LogP contribution < -0.4 is 0 Å². The largest absolute Gasteiger partial charge is 0.386 e. The quantitative estimate of drug-likeness (QED) is 0.934. The van der Waals surface area contributed by atoms with E-state index in [1.165, 1.54) is 6.07 Å². The fourth-order valence-electron chi connectivity index (χ4n) is 2.11. The van der Waals surface area contributed by atoms with Crippen LogP contribution in [0.3, 0.4) is 0 Å². The third kappa shape index (κ3) is 2.96. The van der Waals surface area contributed by atoms with Gasteiger partial charge in [0.25, 0.3) is 0 Å². The number of aryl methyl sites for hydroxylation is 2. The topological polar surface area (TPSA) is 38.0 Å². The molecule has 0 aliphatic rings. The van der Waals surface area contributed by atoms with Gasteiger partial charge in [0, 0.05) is 23.6 Å². The van der Waals surface area contributed by atoms with Gasteiger partial charge in [0.15, 0.2) is 0 Å². The summed E-state index contributed by atoms with van der Waals surface area (Å²) in [6, 6.07) is 6.32. The van der Waals surface area contributed by atoms with Crippen molar-refractivity contribution in [1.82, 2.24) is 9.78 Å². The Hall–Kier alpha value is -1.39. The number of hydrogen-bond acceptors (Lipinski definition) is 2. The summed E-state index contributed by atoms with van der Waals surface area (Å²) in [6.45, 7) is 4.46. The second-order valence-electron chi connectivity index (χ2n) is 4.45. The average Bonchev–Trinajstić information content (AvgIpc) is 2.75. The summed E-state index contributed by atoms with van der Waals surface area (Å²) < 4.78 is 15.4. The van der Waals surface area contributed by atoms with E-state index in [-0.39, 0.29) is 6.42 Å². The molecular weight excluding hydrogens is 267 g/mol. The Morgan fingerprint density at radius 1 is 1.47 bits per heavy atom. The third-order valence-electron chi connectivity index (χ3n) is 3.03. The first-order valence-electron chi connectivity index (χ1n) is 6.18. The van der Waals surface area contributed by atoms with Crippen molar-refractivity contribution in [3.63, 3.8) is 0 Å². The number of halogens is 2. The van der Waals surface area contributed by atoms with E-state index in [4.69, 9.17) is 11.6 Å². The van der Waals surface area contributed by atoms with Crippen molar-refractivity contribution >= 4 is 11.6 Å². The van der Waals surface area contributed by atoms with E-state index < -0.39 is 11.9 Å². The van der Waals surface area contributed by atoms with Gasteiger partial charge in [-0.05, 0) is 32.0 Å². The first-order valence-corrected chi connectivity index (χ1v) is 6.56. The number of rotatable bonds is 4. The summed E-state index contributed by atoms with van der Waals surface area (Å²) in [5.41, 5.74) is 1.84. The van der Waals surface area contributed by atoms with Crippen LogP contribution in [0.15, 0.2) is 24.3 Å². The minimum absolute atomic E-state index is 0.136. The van der Waals surface area contributed by atoms with Crippen LogP contribution >= 0.6 is 11.6 Å². The maximum atomic E-state index is 13.7. The molecule has 0 amide bonds. The molecule has 0 spiro atoms. The summed E-state index contributed by atoms with van der Waals surface area (Å²) in [4.78, 5) is 0. The molecule has 102 valence electrons. The Morgan fingerprint density at radius 2 is 2.21 bits per heavy atom. The molecule has 19 heavy (non-hydrogen) atoms. The minimum atomic E-state index is -0.824. The lowest BCUT2D eigenvalue weighted by Gasteiger charge is -2.13. The first-order chi connectivity index (χ1) is 9.02. The molecule has 1 unspecified atom stereocenters. The lowest BCUT2D eigenvalue weighted by Crippen LogP contribution is -2.11. The number of aliphatic hydroxyl groups is 1. The molecule has 0 radical (unpaired) electrons. The molecule has 0 saturated carbocycles. The standard InChI is InChI=1S/C14H16ClFN2O/c1-3-18-13(7-9(2)17-18)14(19)8-10-11(15)5-4-6-12(10)16/h4-7,14,19H,3,8H2,1-2H3. The van der Waals surface area contributed by atoms with Gasteiger partial charge in [-0.1, -0.05) is 17.7 Å². The number of hydrogen-bond donors (Lipinski definition) is 1. The van der Waals surface area contributed by atoms with Gasteiger partial charge in [-0.15, -0.1) is 0 Å².